The molecule has 0 saturated carbocycles. The van der Waals surface area contributed by atoms with Crippen molar-refractivity contribution in [2.24, 2.45) is 0 Å². The highest BCUT2D eigenvalue weighted by Crippen LogP contribution is 2.25. The first kappa shape index (κ1) is 22.3. The van der Waals surface area contributed by atoms with Crippen molar-refractivity contribution in [3.8, 4) is 5.75 Å². The number of carbonyl (C=O) groups is 2. The Balaban J connectivity index is 1.66. The maximum absolute atomic E-state index is 14.2. The minimum Gasteiger partial charge on any atom is -0.485 e. The number of hydrogen-bond acceptors (Lipinski definition) is 4. The summed E-state index contributed by atoms with van der Waals surface area (Å²) in [4.78, 5) is 25.7. The van der Waals surface area contributed by atoms with Gasteiger partial charge in [0.05, 0.1) is 23.2 Å². The molecule has 0 aromatic heterocycles. The third kappa shape index (κ3) is 4.84. The zero-order valence-corrected chi connectivity index (χ0v) is 17.7. The lowest BCUT2D eigenvalue weighted by Crippen LogP contribution is -2.47. The third-order valence-corrected chi connectivity index (χ3v) is 5.28. The predicted octanol–water partition coefficient (Wildman–Crippen LogP) is 4.38. The molecule has 1 atom stereocenters. The van der Waals surface area contributed by atoms with Gasteiger partial charge in [-0.05, 0) is 40.2 Å². The molecule has 2 aromatic rings. The molecule has 1 heterocycles. The van der Waals surface area contributed by atoms with Crippen LogP contribution in [-0.2, 0) is 4.74 Å². The van der Waals surface area contributed by atoms with Crippen molar-refractivity contribution in [3.63, 3.8) is 0 Å². The number of nitrogens with zero attached hydrogens (tertiary/aromatic N) is 1. The predicted molar refractivity (Wildman–Crippen MR) is 106 cm³/mol. The Bertz CT molecular complexity index is 946. The largest absolute Gasteiger partial charge is 0.485 e. The Morgan fingerprint density at radius 1 is 1.23 bits per heavy atom. The molecular weight excluding hydrogens is 467 g/mol. The van der Waals surface area contributed by atoms with Crippen LogP contribution in [0, 0.1) is 17.5 Å². The first-order valence-electron chi connectivity index (χ1n) is 9.31. The number of rotatable bonds is 6. The van der Waals surface area contributed by atoms with Crippen molar-refractivity contribution < 1.29 is 32.2 Å². The smallest absolute Gasteiger partial charge is 0.257 e. The maximum Gasteiger partial charge on any atom is 0.257 e. The lowest BCUT2D eigenvalue weighted by Gasteiger charge is -2.33. The summed E-state index contributed by atoms with van der Waals surface area (Å²) in [5.41, 5.74) is -0.152. The summed E-state index contributed by atoms with van der Waals surface area (Å²) in [6.07, 6.45) is -0.536. The lowest BCUT2D eigenvalue weighted by molar-refractivity contribution is -0.0411. The van der Waals surface area contributed by atoms with Crippen LogP contribution in [0.1, 0.15) is 34.1 Å². The van der Waals surface area contributed by atoms with E-state index in [4.69, 9.17) is 9.47 Å². The summed E-state index contributed by atoms with van der Waals surface area (Å²) >= 11 is 3.05. The van der Waals surface area contributed by atoms with Gasteiger partial charge in [-0.1, -0.05) is 13.0 Å². The first-order valence-corrected chi connectivity index (χ1v) is 10.1. The zero-order valence-electron chi connectivity index (χ0n) is 16.1. The van der Waals surface area contributed by atoms with E-state index in [-0.39, 0.29) is 54.1 Å². The highest BCUT2D eigenvalue weighted by atomic mass is 79.9. The van der Waals surface area contributed by atoms with Crippen LogP contribution in [0.2, 0.25) is 0 Å². The molecule has 0 spiro atoms. The fraction of sp³-hybridized carbons (Fsp3) is 0.333. The minimum atomic E-state index is -0.994. The molecule has 160 valence electrons. The van der Waals surface area contributed by atoms with E-state index in [0.717, 1.165) is 12.1 Å². The molecule has 2 aromatic carbocycles. The molecule has 0 aliphatic carbocycles. The number of halogens is 4. The second-order valence-corrected chi connectivity index (χ2v) is 7.56. The van der Waals surface area contributed by atoms with Gasteiger partial charge < -0.3 is 14.4 Å². The van der Waals surface area contributed by atoms with Gasteiger partial charge in [0.1, 0.15) is 18.5 Å². The van der Waals surface area contributed by atoms with E-state index in [1.807, 2.05) is 0 Å². The van der Waals surface area contributed by atoms with E-state index >= 15 is 0 Å². The van der Waals surface area contributed by atoms with Crippen molar-refractivity contribution in [1.29, 1.82) is 0 Å². The number of amides is 1. The third-order valence-electron chi connectivity index (χ3n) is 4.66. The van der Waals surface area contributed by atoms with Crippen LogP contribution in [0.5, 0.6) is 5.75 Å². The molecule has 3 rings (SSSR count). The zero-order chi connectivity index (χ0) is 21.8. The quantitative estimate of drug-likeness (QED) is 0.569. The first-order chi connectivity index (χ1) is 14.3. The fourth-order valence-electron chi connectivity index (χ4n) is 3.08. The fourth-order valence-corrected chi connectivity index (χ4v) is 3.45. The number of carbonyl (C=O) groups excluding carboxylic acids is 2. The summed E-state index contributed by atoms with van der Waals surface area (Å²) in [6, 6.07) is 6.29. The van der Waals surface area contributed by atoms with Crippen molar-refractivity contribution >= 4 is 27.6 Å². The van der Waals surface area contributed by atoms with Gasteiger partial charge in [-0.3, -0.25) is 9.59 Å². The number of morpholine rings is 1. The summed E-state index contributed by atoms with van der Waals surface area (Å²) in [5, 5.41) is 0. The second kappa shape index (κ2) is 9.61. The topological polar surface area (TPSA) is 55.8 Å². The van der Waals surface area contributed by atoms with Gasteiger partial charge in [-0.25, -0.2) is 13.2 Å². The van der Waals surface area contributed by atoms with Gasteiger partial charge in [-0.2, -0.15) is 0 Å². The van der Waals surface area contributed by atoms with E-state index in [2.05, 4.69) is 15.9 Å². The van der Waals surface area contributed by atoms with E-state index in [1.54, 1.807) is 13.0 Å². The molecule has 0 radical (unpaired) electrons. The van der Waals surface area contributed by atoms with Crippen molar-refractivity contribution in [2.75, 3.05) is 26.3 Å². The lowest BCUT2D eigenvalue weighted by atomic mass is 10.1. The summed E-state index contributed by atoms with van der Waals surface area (Å²) in [6.45, 7) is 1.86. The van der Waals surface area contributed by atoms with Crippen LogP contribution in [0.15, 0.2) is 34.8 Å². The Hall–Kier alpha value is -2.39. The minimum absolute atomic E-state index is 0.0680. The molecule has 1 unspecified atom stereocenters. The normalized spacial score (nSPS) is 16.4. The molecule has 9 heteroatoms. The Morgan fingerprint density at radius 3 is 2.60 bits per heavy atom. The number of ketones is 1. The van der Waals surface area contributed by atoms with Crippen LogP contribution in [0.25, 0.3) is 0 Å². The number of benzene rings is 2. The molecule has 1 amide bonds. The van der Waals surface area contributed by atoms with Gasteiger partial charge in [0.25, 0.3) is 5.91 Å². The van der Waals surface area contributed by atoms with Gasteiger partial charge in [0, 0.05) is 18.5 Å². The van der Waals surface area contributed by atoms with Crippen molar-refractivity contribution in [1.82, 2.24) is 4.90 Å². The molecular formula is C21H19BrF3NO4. The average molecular weight is 486 g/mol. The molecule has 1 fully saturated rings. The van der Waals surface area contributed by atoms with Crippen LogP contribution in [-0.4, -0.2) is 49.0 Å². The van der Waals surface area contributed by atoms with E-state index in [0.29, 0.717) is 0 Å². The van der Waals surface area contributed by atoms with Gasteiger partial charge in [-0.15, -0.1) is 0 Å². The SMILES string of the molecule is CCC(=O)c1cc(F)c(OCC2CN(C(=O)c3cccc(Br)c3F)CCO2)c(F)c1. The number of Topliss-reactive ketones (excluding diaryl/α,β-unsaturated/α-hetero) is 1. The van der Waals surface area contributed by atoms with Crippen LogP contribution < -0.4 is 4.74 Å². The Morgan fingerprint density at radius 2 is 1.93 bits per heavy atom. The summed E-state index contributed by atoms with van der Waals surface area (Å²) in [5.74, 6) is -4.16. The molecule has 0 N–H and O–H groups in total. The molecule has 5 nitrogen and oxygen atoms in total. The van der Waals surface area contributed by atoms with Crippen LogP contribution in [0.4, 0.5) is 13.2 Å². The Labute approximate surface area is 179 Å². The van der Waals surface area contributed by atoms with E-state index in [1.165, 1.54) is 17.0 Å². The van der Waals surface area contributed by atoms with Crippen molar-refractivity contribution in [2.45, 2.75) is 19.4 Å². The van der Waals surface area contributed by atoms with E-state index < -0.39 is 35.2 Å². The molecule has 30 heavy (non-hydrogen) atoms. The molecule has 1 saturated heterocycles. The van der Waals surface area contributed by atoms with Crippen molar-refractivity contribution in [3.05, 3.63) is 63.4 Å². The maximum atomic E-state index is 14.2. The van der Waals surface area contributed by atoms with Gasteiger partial charge >= 0.3 is 0 Å². The van der Waals surface area contributed by atoms with Crippen LogP contribution >= 0.6 is 15.9 Å². The Kier molecular flexibility index (Phi) is 7.14. The summed E-state index contributed by atoms with van der Waals surface area (Å²) < 4.78 is 53.6. The molecule has 1 aliphatic heterocycles. The monoisotopic (exact) mass is 485 g/mol. The van der Waals surface area contributed by atoms with Gasteiger partial charge in [0.15, 0.2) is 23.2 Å². The standard InChI is InChI=1S/C21H19BrF3NO4/c1-2-18(27)12-8-16(23)20(17(24)9-12)30-11-13-10-26(6-7-29-13)21(28)14-4-3-5-15(22)19(14)25/h3-5,8-9,13H,2,6-7,10-11H2,1H3. The van der Waals surface area contributed by atoms with E-state index in [9.17, 15) is 22.8 Å². The highest BCUT2D eigenvalue weighted by Gasteiger charge is 2.28. The molecule has 1 aliphatic rings. The highest BCUT2D eigenvalue weighted by molar-refractivity contribution is 9.10. The summed E-state index contributed by atoms with van der Waals surface area (Å²) in [7, 11) is 0. The number of hydrogen-bond donors (Lipinski definition) is 0. The molecule has 0 bridgehead atoms. The second-order valence-electron chi connectivity index (χ2n) is 6.70. The average Bonchev–Trinajstić information content (AvgIpc) is 2.74. The number of ether oxygens (including phenoxy) is 2. The van der Waals surface area contributed by atoms with Crippen LogP contribution in [0.3, 0.4) is 0 Å². The van der Waals surface area contributed by atoms with Gasteiger partial charge in [0.2, 0.25) is 0 Å².